The number of rotatable bonds is 7. The predicted octanol–water partition coefficient (Wildman–Crippen LogP) is 3.98. The number of amides is 1. The van der Waals surface area contributed by atoms with Crippen molar-refractivity contribution in [3.63, 3.8) is 0 Å². The largest absolute Gasteiger partial charge is 0.497 e. The van der Waals surface area contributed by atoms with Crippen molar-refractivity contribution in [2.45, 2.75) is 18.9 Å². The predicted molar refractivity (Wildman–Crippen MR) is 109 cm³/mol. The third-order valence-electron chi connectivity index (χ3n) is 5.03. The van der Waals surface area contributed by atoms with Crippen LogP contribution in [-0.4, -0.2) is 42.7 Å². The van der Waals surface area contributed by atoms with Gasteiger partial charge in [-0.3, -0.25) is 9.69 Å². The minimum absolute atomic E-state index is 0.208. The Hall–Kier alpha value is -2.64. The van der Waals surface area contributed by atoms with Gasteiger partial charge in [0, 0.05) is 23.1 Å². The fourth-order valence-corrected chi connectivity index (χ4v) is 4.36. The highest BCUT2D eigenvalue weighted by molar-refractivity contribution is 7.10. The first-order valence-corrected chi connectivity index (χ1v) is 10.3. The maximum atomic E-state index is 12.6. The van der Waals surface area contributed by atoms with Crippen molar-refractivity contribution >= 4 is 17.2 Å². The number of carbonyl (C=O) groups excluding carboxylic acids is 1. The zero-order valence-corrected chi connectivity index (χ0v) is 16.6. The number of methoxy groups -OCH3 is 1. The first-order valence-electron chi connectivity index (χ1n) is 9.41. The smallest absolute Gasteiger partial charge is 0.273 e. The van der Waals surface area contributed by atoms with Gasteiger partial charge < -0.3 is 14.6 Å². The van der Waals surface area contributed by atoms with Crippen LogP contribution in [0.1, 0.15) is 34.2 Å². The summed E-state index contributed by atoms with van der Waals surface area (Å²) in [5.41, 5.74) is 1.14. The van der Waals surface area contributed by atoms with Crippen molar-refractivity contribution in [1.29, 1.82) is 0 Å². The van der Waals surface area contributed by atoms with Crippen LogP contribution in [0.3, 0.4) is 0 Å². The van der Waals surface area contributed by atoms with Crippen LogP contribution in [-0.2, 0) is 0 Å². The number of benzene rings is 1. The molecule has 7 heteroatoms. The van der Waals surface area contributed by atoms with Crippen LogP contribution in [0.2, 0.25) is 0 Å². The van der Waals surface area contributed by atoms with Crippen molar-refractivity contribution < 1.29 is 14.1 Å². The molecule has 1 saturated heterocycles. The molecule has 28 heavy (non-hydrogen) atoms. The lowest BCUT2D eigenvalue weighted by Crippen LogP contribution is -2.36. The molecule has 6 nitrogen and oxygen atoms in total. The van der Waals surface area contributed by atoms with Crippen molar-refractivity contribution in [2.24, 2.45) is 0 Å². The van der Waals surface area contributed by atoms with E-state index >= 15 is 0 Å². The maximum Gasteiger partial charge on any atom is 0.273 e. The molecule has 0 bridgehead atoms. The lowest BCUT2D eigenvalue weighted by molar-refractivity contribution is 0.0929. The van der Waals surface area contributed by atoms with E-state index in [9.17, 15) is 4.79 Å². The SMILES string of the molecule is COc1ccc(-c2cc(C(=O)NC[C@H](c3cccs3)N3CCCC3)no2)cc1. The van der Waals surface area contributed by atoms with Crippen molar-refractivity contribution in [1.82, 2.24) is 15.4 Å². The molecule has 3 heterocycles. The first kappa shape index (κ1) is 18.7. The molecule has 0 unspecified atom stereocenters. The van der Waals surface area contributed by atoms with Crippen LogP contribution in [0.25, 0.3) is 11.3 Å². The minimum atomic E-state index is -0.218. The molecular weight excluding hydrogens is 374 g/mol. The van der Waals surface area contributed by atoms with Gasteiger partial charge in [-0.15, -0.1) is 11.3 Å². The van der Waals surface area contributed by atoms with Crippen molar-refractivity contribution in [3.8, 4) is 17.1 Å². The average molecular weight is 398 g/mol. The number of likely N-dealkylation sites (tertiary alicyclic amines) is 1. The summed E-state index contributed by atoms with van der Waals surface area (Å²) in [6.45, 7) is 2.71. The maximum absolute atomic E-state index is 12.6. The molecular formula is C21H23N3O3S. The summed E-state index contributed by atoms with van der Waals surface area (Å²) in [7, 11) is 1.62. The number of nitrogens with zero attached hydrogens (tertiary/aromatic N) is 2. The van der Waals surface area contributed by atoms with Gasteiger partial charge in [0.1, 0.15) is 5.75 Å². The number of nitrogens with one attached hydrogen (secondary N) is 1. The van der Waals surface area contributed by atoms with Gasteiger partial charge in [0.2, 0.25) is 0 Å². The van der Waals surface area contributed by atoms with Crippen LogP contribution in [0.4, 0.5) is 0 Å². The highest BCUT2D eigenvalue weighted by Crippen LogP contribution is 2.28. The second kappa shape index (κ2) is 8.58. The Morgan fingerprint density at radius 2 is 2.07 bits per heavy atom. The highest BCUT2D eigenvalue weighted by atomic mass is 32.1. The Balaban J connectivity index is 1.42. The molecule has 3 aromatic rings. The second-order valence-electron chi connectivity index (χ2n) is 6.79. The molecule has 1 aromatic carbocycles. The monoisotopic (exact) mass is 397 g/mol. The molecule has 1 fully saturated rings. The molecule has 0 spiro atoms. The standard InChI is InChI=1S/C21H23N3O3S/c1-26-16-8-6-15(7-9-16)19-13-17(23-27-19)21(25)22-14-18(20-5-4-12-28-20)24-10-2-3-11-24/h4-9,12-13,18H,2-3,10-11,14H2,1H3,(H,22,25)/t18-/m1/s1. The van der Waals surface area contributed by atoms with E-state index in [1.54, 1.807) is 24.5 Å². The summed E-state index contributed by atoms with van der Waals surface area (Å²) < 4.78 is 10.5. The summed E-state index contributed by atoms with van der Waals surface area (Å²) in [4.78, 5) is 16.3. The quantitative estimate of drug-likeness (QED) is 0.653. The lowest BCUT2D eigenvalue weighted by atomic mass is 10.1. The summed E-state index contributed by atoms with van der Waals surface area (Å²) in [6, 6.07) is 13.5. The summed E-state index contributed by atoms with van der Waals surface area (Å²) in [5, 5.41) is 9.06. The molecule has 0 saturated carbocycles. The fraction of sp³-hybridized carbons (Fsp3) is 0.333. The van der Waals surface area contributed by atoms with E-state index in [2.05, 4.69) is 32.9 Å². The molecule has 4 rings (SSSR count). The van der Waals surface area contributed by atoms with Crippen LogP contribution < -0.4 is 10.1 Å². The van der Waals surface area contributed by atoms with Gasteiger partial charge in [-0.1, -0.05) is 11.2 Å². The minimum Gasteiger partial charge on any atom is -0.497 e. The summed E-state index contributed by atoms with van der Waals surface area (Å²) in [6.07, 6.45) is 2.43. The molecule has 146 valence electrons. The Labute approximate surface area is 168 Å². The second-order valence-corrected chi connectivity index (χ2v) is 7.77. The van der Waals surface area contributed by atoms with E-state index in [1.807, 2.05) is 24.3 Å². The van der Waals surface area contributed by atoms with E-state index in [0.717, 1.165) is 24.4 Å². The van der Waals surface area contributed by atoms with Crippen molar-refractivity contribution in [2.75, 3.05) is 26.7 Å². The summed E-state index contributed by atoms with van der Waals surface area (Å²) in [5.74, 6) is 1.11. The Bertz CT molecular complexity index is 899. The third kappa shape index (κ3) is 4.10. The normalized spacial score (nSPS) is 15.5. The molecule has 1 atom stereocenters. The van der Waals surface area contributed by atoms with Gasteiger partial charge in [-0.2, -0.15) is 0 Å². The van der Waals surface area contributed by atoms with E-state index in [1.165, 1.54) is 17.7 Å². The van der Waals surface area contributed by atoms with Crippen LogP contribution >= 0.6 is 11.3 Å². The Morgan fingerprint density at radius 3 is 2.75 bits per heavy atom. The number of carbonyl (C=O) groups is 1. The number of hydrogen-bond acceptors (Lipinski definition) is 6. The molecule has 1 amide bonds. The Morgan fingerprint density at radius 1 is 1.29 bits per heavy atom. The van der Waals surface area contributed by atoms with Gasteiger partial charge in [0.25, 0.3) is 5.91 Å². The van der Waals surface area contributed by atoms with E-state index in [4.69, 9.17) is 9.26 Å². The number of aromatic nitrogens is 1. The van der Waals surface area contributed by atoms with E-state index in [0.29, 0.717) is 12.3 Å². The number of thiophene rings is 1. The zero-order chi connectivity index (χ0) is 19.3. The average Bonchev–Trinajstić information content (AvgIpc) is 3.50. The molecule has 1 aliphatic heterocycles. The number of ether oxygens (including phenoxy) is 1. The Kier molecular flexibility index (Phi) is 5.73. The highest BCUT2D eigenvalue weighted by Gasteiger charge is 2.25. The fourth-order valence-electron chi connectivity index (χ4n) is 3.50. The zero-order valence-electron chi connectivity index (χ0n) is 15.8. The topological polar surface area (TPSA) is 67.6 Å². The third-order valence-corrected chi connectivity index (χ3v) is 6.00. The lowest BCUT2D eigenvalue weighted by Gasteiger charge is -2.26. The van der Waals surface area contributed by atoms with Gasteiger partial charge >= 0.3 is 0 Å². The molecule has 0 aliphatic carbocycles. The molecule has 2 aromatic heterocycles. The van der Waals surface area contributed by atoms with E-state index < -0.39 is 0 Å². The van der Waals surface area contributed by atoms with Gasteiger partial charge in [0.05, 0.1) is 13.2 Å². The number of hydrogen-bond donors (Lipinski definition) is 1. The van der Waals surface area contributed by atoms with Gasteiger partial charge in [-0.25, -0.2) is 0 Å². The van der Waals surface area contributed by atoms with Crippen LogP contribution in [0.15, 0.2) is 52.4 Å². The summed E-state index contributed by atoms with van der Waals surface area (Å²) >= 11 is 1.73. The molecule has 1 N–H and O–H groups in total. The van der Waals surface area contributed by atoms with Crippen LogP contribution in [0, 0.1) is 0 Å². The van der Waals surface area contributed by atoms with Crippen LogP contribution in [0.5, 0.6) is 5.75 Å². The van der Waals surface area contributed by atoms with E-state index in [-0.39, 0.29) is 17.6 Å². The first-order chi connectivity index (χ1) is 13.7. The van der Waals surface area contributed by atoms with Crippen molar-refractivity contribution in [3.05, 3.63) is 58.4 Å². The van der Waals surface area contributed by atoms with Gasteiger partial charge in [-0.05, 0) is 61.6 Å². The molecule has 1 aliphatic rings. The van der Waals surface area contributed by atoms with Gasteiger partial charge in [0.15, 0.2) is 11.5 Å². The molecule has 0 radical (unpaired) electrons.